The van der Waals surface area contributed by atoms with E-state index in [1.165, 1.54) is 11.3 Å². The Morgan fingerprint density at radius 2 is 2.35 bits per heavy atom. The Morgan fingerprint density at radius 3 is 3.00 bits per heavy atom. The van der Waals surface area contributed by atoms with E-state index in [9.17, 15) is 4.79 Å². The summed E-state index contributed by atoms with van der Waals surface area (Å²) in [6, 6.07) is 5.23. The monoisotopic (exact) mass is 312 g/mol. The van der Waals surface area contributed by atoms with Crippen molar-refractivity contribution in [3.8, 4) is 5.75 Å². The van der Waals surface area contributed by atoms with E-state index in [1.54, 1.807) is 36.9 Å². The molecule has 0 aliphatic rings. The third-order valence-corrected chi connectivity index (χ3v) is 3.40. The van der Waals surface area contributed by atoms with Crippen LogP contribution in [-0.4, -0.2) is 18.0 Å². The SMILES string of the molecule is COc1csc(C(=O)Nc2cc(Br)ccn2)c1. The molecule has 2 rings (SSSR count). The van der Waals surface area contributed by atoms with Crippen LogP contribution in [0.1, 0.15) is 9.67 Å². The van der Waals surface area contributed by atoms with Crippen LogP contribution in [-0.2, 0) is 0 Å². The van der Waals surface area contributed by atoms with Crippen LogP contribution in [0.3, 0.4) is 0 Å². The predicted octanol–water partition coefficient (Wildman–Crippen LogP) is 3.17. The van der Waals surface area contributed by atoms with Gasteiger partial charge in [0.15, 0.2) is 0 Å². The van der Waals surface area contributed by atoms with Crippen LogP contribution in [0.4, 0.5) is 5.82 Å². The summed E-state index contributed by atoms with van der Waals surface area (Å²) >= 11 is 4.64. The minimum atomic E-state index is -0.191. The number of amides is 1. The Kier molecular flexibility index (Phi) is 3.75. The molecule has 2 aromatic rings. The number of ether oxygens (including phenoxy) is 1. The van der Waals surface area contributed by atoms with Crippen molar-refractivity contribution in [2.45, 2.75) is 0 Å². The van der Waals surface area contributed by atoms with Crippen LogP contribution in [0.2, 0.25) is 0 Å². The predicted molar refractivity (Wildman–Crippen MR) is 70.8 cm³/mol. The highest BCUT2D eigenvalue weighted by molar-refractivity contribution is 9.10. The number of nitrogens with zero attached hydrogens (tertiary/aromatic N) is 1. The molecule has 6 heteroatoms. The van der Waals surface area contributed by atoms with Crippen molar-refractivity contribution in [1.82, 2.24) is 4.98 Å². The van der Waals surface area contributed by atoms with Gasteiger partial charge in [0.1, 0.15) is 11.6 Å². The molecule has 0 bridgehead atoms. The number of nitrogens with one attached hydrogen (secondary N) is 1. The molecule has 0 radical (unpaired) electrons. The van der Waals surface area contributed by atoms with Gasteiger partial charge < -0.3 is 10.1 Å². The highest BCUT2D eigenvalue weighted by Gasteiger charge is 2.10. The van der Waals surface area contributed by atoms with Crippen molar-refractivity contribution >= 4 is 39.0 Å². The largest absolute Gasteiger partial charge is 0.496 e. The topological polar surface area (TPSA) is 51.2 Å². The zero-order valence-electron chi connectivity index (χ0n) is 8.94. The van der Waals surface area contributed by atoms with Gasteiger partial charge >= 0.3 is 0 Å². The lowest BCUT2D eigenvalue weighted by atomic mass is 10.4. The Morgan fingerprint density at radius 1 is 1.53 bits per heavy atom. The molecule has 4 nitrogen and oxygen atoms in total. The molecule has 0 fully saturated rings. The van der Waals surface area contributed by atoms with Crippen LogP contribution >= 0.6 is 27.3 Å². The summed E-state index contributed by atoms with van der Waals surface area (Å²) in [6.07, 6.45) is 1.62. The van der Waals surface area contributed by atoms with Gasteiger partial charge in [0.2, 0.25) is 0 Å². The van der Waals surface area contributed by atoms with E-state index in [1.807, 2.05) is 0 Å². The molecule has 0 aliphatic heterocycles. The van der Waals surface area contributed by atoms with E-state index < -0.39 is 0 Å². The molecular formula is C11H9BrN2O2S. The fourth-order valence-electron chi connectivity index (χ4n) is 1.20. The second-order valence-corrected chi connectivity index (χ2v) is 4.99. The number of rotatable bonds is 3. The Balaban J connectivity index is 2.11. The molecule has 0 aliphatic carbocycles. The molecule has 17 heavy (non-hydrogen) atoms. The Labute approximate surface area is 111 Å². The molecule has 88 valence electrons. The average molecular weight is 313 g/mol. The molecular weight excluding hydrogens is 304 g/mol. The first-order chi connectivity index (χ1) is 8.19. The normalized spacial score (nSPS) is 10.0. The molecule has 0 unspecified atom stereocenters. The minimum Gasteiger partial charge on any atom is -0.496 e. The van der Waals surface area contributed by atoms with Crippen LogP contribution in [0.5, 0.6) is 5.75 Å². The van der Waals surface area contributed by atoms with Gasteiger partial charge in [-0.1, -0.05) is 15.9 Å². The maximum Gasteiger partial charge on any atom is 0.267 e. The number of anilines is 1. The zero-order chi connectivity index (χ0) is 12.3. The van der Waals surface area contributed by atoms with Crippen molar-refractivity contribution in [3.05, 3.63) is 39.1 Å². The van der Waals surface area contributed by atoms with Gasteiger partial charge in [0, 0.05) is 22.1 Å². The van der Waals surface area contributed by atoms with Gasteiger partial charge in [-0.25, -0.2) is 4.98 Å². The number of halogens is 1. The maximum absolute atomic E-state index is 11.8. The standard InChI is InChI=1S/C11H9BrN2O2S/c1-16-8-5-9(17-6-8)11(15)14-10-4-7(12)2-3-13-10/h2-6H,1H3,(H,13,14,15). The van der Waals surface area contributed by atoms with Crippen LogP contribution in [0.15, 0.2) is 34.2 Å². The zero-order valence-corrected chi connectivity index (χ0v) is 11.3. The summed E-state index contributed by atoms with van der Waals surface area (Å²) in [6.45, 7) is 0. The van der Waals surface area contributed by atoms with Crippen molar-refractivity contribution in [2.24, 2.45) is 0 Å². The fourth-order valence-corrected chi connectivity index (χ4v) is 2.28. The van der Waals surface area contributed by atoms with Crippen molar-refractivity contribution in [3.63, 3.8) is 0 Å². The molecule has 0 spiro atoms. The lowest BCUT2D eigenvalue weighted by molar-refractivity contribution is 0.103. The highest BCUT2D eigenvalue weighted by Crippen LogP contribution is 2.22. The molecule has 2 aromatic heterocycles. The second-order valence-electron chi connectivity index (χ2n) is 3.16. The summed E-state index contributed by atoms with van der Waals surface area (Å²) in [4.78, 5) is 16.5. The maximum atomic E-state index is 11.8. The summed E-state index contributed by atoms with van der Waals surface area (Å²) in [5.41, 5.74) is 0. The molecule has 0 atom stereocenters. The van der Waals surface area contributed by atoms with Crippen molar-refractivity contribution in [1.29, 1.82) is 0 Å². The molecule has 0 saturated carbocycles. The van der Waals surface area contributed by atoms with Crippen LogP contribution in [0.25, 0.3) is 0 Å². The van der Waals surface area contributed by atoms with E-state index in [0.717, 1.165) is 4.47 Å². The van der Waals surface area contributed by atoms with Crippen molar-refractivity contribution in [2.75, 3.05) is 12.4 Å². The first kappa shape index (κ1) is 12.1. The third kappa shape index (κ3) is 3.04. The summed E-state index contributed by atoms with van der Waals surface area (Å²) in [5.74, 6) is 1.00. The number of carbonyl (C=O) groups excluding carboxylic acids is 1. The summed E-state index contributed by atoms with van der Waals surface area (Å²) in [5, 5.41) is 4.49. The lowest BCUT2D eigenvalue weighted by Gasteiger charge is -2.02. The molecule has 1 N–H and O–H groups in total. The number of pyridine rings is 1. The number of hydrogen-bond acceptors (Lipinski definition) is 4. The van der Waals surface area contributed by atoms with Crippen LogP contribution in [0, 0.1) is 0 Å². The first-order valence-corrected chi connectivity index (χ1v) is 6.42. The van der Waals surface area contributed by atoms with Gasteiger partial charge in [0.05, 0.1) is 12.0 Å². The van der Waals surface area contributed by atoms with Gasteiger partial charge in [-0.15, -0.1) is 11.3 Å². The quantitative estimate of drug-likeness (QED) is 0.947. The van der Waals surface area contributed by atoms with Gasteiger partial charge in [-0.3, -0.25) is 4.79 Å². The van der Waals surface area contributed by atoms with E-state index in [-0.39, 0.29) is 5.91 Å². The number of thiophene rings is 1. The third-order valence-electron chi connectivity index (χ3n) is 2.00. The van der Waals surface area contributed by atoms with Gasteiger partial charge in [-0.2, -0.15) is 0 Å². The Hall–Kier alpha value is -1.40. The van der Waals surface area contributed by atoms with E-state index in [4.69, 9.17) is 4.74 Å². The fraction of sp³-hybridized carbons (Fsp3) is 0.0909. The number of hydrogen-bond donors (Lipinski definition) is 1. The number of methoxy groups -OCH3 is 1. The minimum absolute atomic E-state index is 0.191. The van der Waals surface area contributed by atoms with E-state index in [0.29, 0.717) is 16.4 Å². The average Bonchev–Trinajstić information content (AvgIpc) is 2.77. The van der Waals surface area contributed by atoms with E-state index >= 15 is 0 Å². The van der Waals surface area contributed by atoms with Gasteiger partial charge in [0.25, 0.3) is 5.91 Å². The molecule has 2 heterocycles. The Bertz CT molecular complexity index is 542. The number of carbonyl (C=O) groups is 1. The smallest absolute Gasteiger partial charge is 0.267 e. The van der Waals surface area contributed by atoms with Crippen LogP contribution < -0.4 is 10.1 Å². The van der Waals surface area contributed by atoms with Crippen molar-refractivity contribution < 1.29 is 9.53 Å². The molecule has 0 aromatic carbocycles. The van der Waals surface area contributed by atoms with Gasteiger partial charge in [-0.05, 0) is 12.1 Å². The summed E-state index contributed by atoms with van der Waals surface area (Å²) in [7, 11) is 1.57. The van der Waals surface area contributed by atoms with E-state index in [2.05, 4.69) is 26.2 Å². The lowest BCUT2D eigenvalue weighted by Crippen LogP contribution is -2.11. The molecule has 0 saturated heterocycles. The highest BCUT2D eigenvalue weighted by atomic mass is 79.9. The summed E-state index contributed by atoms with van der Waals surface area (Å²) < 4.78 is 5.89. The number of aromatic nitrogens is 1. The molecule has 1 amide bonds. The first-order valence-electron chi connectivity index (χ1n) is 4.74. The second kappa shape index (κ2) is 5.29.